The zero-order valence-corrected chi connectivity index (χ0v) is 15.5. The van der Waals surface area contributed by atoms with E-state index in [1.807, 2.05) is 19.1 Å². The minimum Gasteiger partial charge on any atom is -0.508 e. The van der Waals surface area contributed by atoms with E-state index < -0.39 is 0 Å². The Hall–Kier alpha value is -1.39. The first kappa shape index (κ1) is 17.0. The van der Waals surface area contributed by atoms with Gasteiger partial charge in [-0.05, 0) is 67.7 Å². The Labute approximate surface area is 150 Å². The maximum absolute atomic E-state index is 13.4. The Bertz CT molecular complexity index is 697. The molecule has 2 aliphatic carbocycles. The number of benzene rings is 1. The van der Waals surface area contributed by atoms with E-state index in [1.165, 1.54) is 12.8 Å². The highest BCUT2D eigenvalue weighted by molar-refractivity contribution is 6.04. The first-order valence-electron chi connectivity index (χ1n) is 9.68. The van der Waals surface area contributed by atoms with E-state index >= 15 is 0 Å². The minimum atomic E-state index is -0.0460. The van der Waals surface area contributed by atoms with Gasteiger partial charge in [0.15, 0.2) is 5.78 Å². The number of hydrogen-bond donors (Lipinski definition) is 1. The number of phenols is 1. The molecule has 1 heterocycles. The van der Waals surface area contributed by atoms with Crippen LogP contribution in [0.25, 0.3) is 0 Å². The second-order valence-corrected chi connectivity index (χ2v) is 8.37. The monoisotopic (exact) mass is 343 g/mol. The van der Waals surface area contributed by atoms with Crippen molar-refractivity contribution in [3.8, 4) is 5.75 Å². The van der Waals surface area contributed by atoms with Crippen LogP contribution in [0, 0.1) is 11.8 Å². The number of Topliss-reactive ketones (excluding diaryl/α,β-unsaturated/α-hetero) is 1. The fourth-order valence-corrected chi connectivity index (χ4v) is 4.81. The molecule has 0 aromatic heterocycles. The van der Waals surface area contributed by atoms with Gasteiger partial charge in [0.2, 0.25) is 0 Å². The van der Waals surface area contributed by atoms with Crippen LogP contribution in [0.2, 0.25) is 0 Å². The quantitative estimate of drug-likeness (QED) is 0.889. The van der Waals surface area contributed by atoms with Gasteiger partial charge in [-0.2, -0.15) is 0 Å². The fourth-order valence-electron chi connectivity index (χ4n) is 4.81. The highest BCUT2D eigenvalue weighted by Crippen LogP contribution is 2.50. The summed E-state index contributed by atoms with van der Waals surface area (Å²) in [6.45, 7) is 9.42. The van der Waals surface area contributed by atoms with Crippen LogP contribution >= 0.6 is 0 Å². The summed E-state index contributed by atoms with van der Waals surface area (Å²) < 4.78 is 5.47. The number of nitrogens with zero attached hydrogens (tertiary/aromatic N) is 1. The molecule has 0 radical (unpaired) electrons. The van der Waals surface area contributed by atoms with Crippen molar-refractivity contribution in [3.05, 3.63) is 28.8 Å². The second kappa shape index (κ2) is 6.10. The SMILES string of the molecule is CCOCc1cc2c(cc1O)[C@@]1(C)CCN(CC3CC3)[C@H](C2=O)[C@@H]1C. The largest absolute Gasteiger partial charge is 0.508 e. The molecule has 136 valence electrons. The Kier molecular flexibility index (Phi) is 4.16. The molecule has 3 aliphatic rings. The van der Waals surface area contributed by atoms with E-state index in [0.29, 0.717) is 13.2 Å². The van der Waals surface area contributed by atoms with Gasteiger partial charge < -0.3 is 9.84 Å². The number of carbonyl (C=O) groups excluding carboxylic acids is 1. The molecular formula is C21H29NO3. The summed E-state index contributed by atoms with van der Waals surface area (Å²) in [5.41, 5.74) is 2.51. The standard InChI is InChI=1S/C21H29NO3/c1-4-25-12-15-9-16-17(10-18(15)23)21(3)7-8-22(11-14-5-6-14)19(13(21)2)20(16)24/h9-10,13-14,19,23H,4-8,11-12H2,1-3H3/t13-,19-,21-/m0/s1. The molecule has 1 saturated heterocycles. The lowest BCUT2D eigenvalue weighted by atomic mass is 9.58. The summed E-state index contributed by atoms with van der Waals surface area (Å²) in [7, 11) is 0. The average molecular weight is 343 g/mol. The molecule has 4 nitrogen and oxygen atoms in total. The average Bonchev–Trinajstić information content (AvgIpc) is 3.40. The van der Waals surface area contributed by atoms with Crippen molar-refractivity contribution in [2.75, 3.05) is 19.7 Å². The van der Waals surface area contributed by atoms with Crippen molar-refractivity contribution >= 4 is 5.78 Å². The number of hydrogen-bond acceptors (Lipinski definition) is 4. The molecule has 4 heteroatoms. The minimum absolute atomic E-state index is 0.0173. The molecule has 1 N–H and O–H groups in total. The van der Waals surface area contributed by atoms with Crippen LogP contribution in [0.3, 0.4) is 0 Å². The van der Waals surface area contributed by atoms with Gasteiger partial charge in [0, 0.05) is 24.3 Å². The van der Waals surface area contributed by atoms with Crippen LogP contribution in [0.4, 0.5) is 0 Å². The molecule has 0 unspecified atom stereocenters. The third-order valence-corrected chi connectivity index (χ3v) is 6.81. The van der Waals surface area contributed by atoms with Gasteiger partial charge in [-0.15, -0.1) is 0 Å². The summed E-state index contributed by atoms with van der Waals surface area (Å²) in [6.07, 6.45) is 3.67. The molecule has 3 atom stereocenters. The van der Waals surface area contributed by atoms with E-state index in [0.717, 1.165) is 42.1 Å². The number of aromatic hydroxyl groups is 1. The van der Waals surface area contributed by atoms with Gasteiger partial charge in [0.25, 0.3) is 0 Å². The predicted molar refractivity (Wildman–Crippen MR) is 97.0 cm³/mol. The number of ketones is 1. The van der Waals surface area contributed by atoms with E-state index in [4.69, 9.17) is 4.74 Å². The fraction of sp³-hybridized carbons (Fsp3) is 0.667. The lowest BCUT2D eigenvalue weighted by molar-refractivity contribution is 0.0264. The van der Waals surface area contributed by atoms with Gasteiger partial charge in [-0.25, -0.2) is 0 Å². The third kappa shape index (κ3) is 2.70. The van der Waals surface area contributed by atoms with Crippen LogP contribution in [-0.2, 0) is 16.8 Å². The Morgan fingerprint density at radius 1 is 1.36 bits per heavy atom. The first-order chi connectivity index (χ1) is 12.0. The topological polar surface area (TPSA) is 49.8 Å². The number of carbonyl (C=O) groups is 1. The number of phenolic OH excluding ortho intramolecular Hbond substituents is 1. The molecule has 4 rings (SSSR count). The zero-order chi connectivity index (χ0) is 17.8. The van der Waals surface area contributed by atoms with Gasteiger partial charge in [-0.1, -0.05) is 13.8 Å². The molecule has 2 bridgehead atoms. The number of ether oxygens (including phenoxy) is 1. The molecule has 1 saturated carbocycles. The first-order valence-corrected chi connectivity index (χ1v) is 9.68. The summed E-state index contributed by atoms with van der Waals surface area (Å²) in [6, 6.07) is 3.71. The molecule has 25 heavy (non-hydrogen) atoms. The maximum Gasteiger partial charge on any atom is 0.180 e. The Morgan fingerprint density at radius 2 is 2.12 bits per heavy atom. The second-order valence-electron chi connectivity index (χ2n) is 8.37. The summed E-state index contributed by atoms with van der Waals surface area (Å²) in [5.74, 6) is 1.56. The molecule has 0 amide bonds. The molecule has 0 spiro atoms. The van der Waals surface area contributed by atoms with Crippen molar-refractivity contribution in [1.29, 1.82) is 0 Å². The van der Waals surface area contributed by atoms with Gasteiger partial charge in [0.05, 0.1) is 12.6 Å². The van der Waals surface area contributed by atoms with Crippen LogP contribution in [0.15, 0.2) is 12.1 Å². The van der Waals surface area contributed by atoms with Crippen molar-refractivity contribution in [3.63, 3.8) is 0 Å². The van der Waals surface area contributed by atoms with Gasteiger partial charge in [-0.3, -0.25) is 9.69 Å². The summed E-state index contributed by atoms with van der Waals surface area (Å²) >= 11 is 0. The van der Waals surface area contributed by atoms with Crippen molar-refractivity contribution in [1.82, 2.24) is 4.90 Å². The number of fused-ring (bicyclic) bond motifs is 4. The smallest absolute Gasteiger partial charge is 0.180 e. The number of likely N-dealkylation sites (tertiary alicyclic amines) is 1. The maximum atomic E-state index is 13.4. The summed E-state index contributed by atoms with van der Waals surface area (Å²) in [4.78, 5) is 15.8. The Morgan fingerprint density at radius 3 is 2.80 bits per heavy atom. The van der Waals surface area contributed by atoms with E-state index in [2.05, 4.69) is 18.7 Å². The van der Waals surface area contributed by atoms with Crippen LogP contribution in [-0.4, -0.2) is 41.5 Å². The molecule has 1 aromatic carbocycles. The van der Waals surface area contributed by atoms with Gasteiger partial charge in [0.1, 0.15) is 5.75 Å². The Balaban J connectivity index is 1.75. The van der Waals surface area contributed by atoms with E-state index in [9.17, 15) is 9.90 Å². The number of rotatable bonds is 5. The highest BCUT2D eigenvalue weighted by atomic mass is 16.5. The number of piperidine rings is 1. The lowest BCUT2D eigenvalue weighted by Gasteiger charge is -2.53. The predicted octanol–water partition coefficient (Wildman–Crippen LogP) is 3.50. The van der Waals surface area contributed by atoms with E-state index in [-0.39, 0.29) is 28.9 Å². The molecule has 1 aliphatic heterocycles. The lowest BCUT2D eigenvalue weighted by Crippen LogP contribution is -2.61. The highest BCUT2D eigenvalue weighted by Gasteiger charge is 2.53. The van der Waals surface area contributed by atoms with Crippen LogP contribution in [0.1, 0.15) is 61.5 Å². The van der Waals surface area contributed by atoms with Crippen molar-refractivity contribution in [2.24, 2.45) is 11.8 Å². The molecule has 2 fully saturated rings. The molecule has 1 aromatic rings. The van der Waals surface area contributed by atoms with E-state index in [1.54, 1.807) is 0 Å². The van der Waals surface area contributed by atoms with Crippen LogP contribution < -0.4 is 0 Å². The third-order valence-electron chi connectivity index (χ3n) is 6.81. The molecular weight excluding hydrogens is 314 g/mol. The van der Waals surface area contributed by atoms with Gasteiger partial charge >= 0.3 is 0 Å². The van der Waals surface area contributed by atoms with Crippen molar-refractivity contribution in [2.45, 2.75) is 58.1 Å². The normalized spacial score (nSPS) is 31.9. The zero-order valence-electron chi connectivity index (χ0n) is 15.5. The van der Waals surface area contributed by atoms with Crippen molar-refractivity contribution < 1.29 is 14.6 Å². The van der Waals surface area contributed by atoms with Crippen LogP contribution in [0.5, 0.6) is 5.75 Å². The summed E-state index contributed by atoms with van der Waals surface area (Å²) in [5, 5.41) is 10.5.